The molecule has 0 atom stereocenters. The minimum atomic E-state index is -0.817. The fourth-order valence-electron chi connectivity index (χ4n) is 5.01. The number of hydrogen-bond donors (Lipinski definition) is 1. The normalized spacial score (nSPS) is 16.9. The van der Waals surface area contributed by atoms with E-state index < -0.39 is 5.54 Å². The van der Waals surface area contributed by atoms with Crippen molar-refractivity contribution in [3.05, 3.63) is 53.7 Å². The van der Waals surface area contributed by atoms with Crippen molar-refractivity contribution in [2.24, 2.45) is 0 Å². The van der Waals surface area contributed by atoms with Crippen molar-refractivity contribution in [1.82, 2.24) is 20.2 Å². The molecule has 2 aliphatic rings. The second kappa shape index (κ2) is 10.9. The largest absolute Gasteiger partial charge is 0.497 e. The summed E-state index contributed by atoms with van der Waals surface area (Å²) in [6, 6.07) is 7.33. The van der Waals surface area contributed by atoms with Gasteiger partial charge in [0.2, 0.25) is 0 Å². The number of nitrogens with zero attached hydrogens (tertiary/aromatic N) is 3. The Morgan fingerprint density at radius 2 is 1.89 bits per heavy atom. The lowest BCUT2D eigenvalue weighted by Crippen LogP contribution is -2.58. The number of carbonyl (C=O) groups excluding carboxylic acids is 1. The lowest BCUT2D eigenvalue weighted by Gasteiger charge is -2.40. The van der Waals surface area contributed by atoms with Gasteiger partial charge in [-0.15, -0.1) is 0 Å². The Labute approximate surface area is 214 Å². The SMILES string of the molecule is COC(=O)C1(NCc2cc3c(cn2)OCCO3)CCN(CCc2c(F)cnc3ccc(OC)cc23)CC1. The van der Waals surface area contributed by atoms with E-state index in [1.54, 1.807) is 13.3 Å². The lowest BCUT2D eigenvalue weighted by atomic mass is 9.87. The number of hydrogen-bond acceptors (Lipinski definition) is 9. The fourth-order valence-corrected chi connectivity index (χ4v) is 5.01. The number of rotatable bonds is 8. The highest BCUT2D eigenvalue weighted by atomic mass is 19.1. The van der Waals surface area contributed by atoms with E-state index in [0.717, 1.165) is 16.6 Å². The number of nitrogens with one attached hydrogen (secondary N) is 1. The number of methoxy groups -OCH3 is 2. The molecular formula is C27H31FN4O5. The fraction of sp³-hybridized carbons (Fsp3) is 0.444. The summed E-state index contributed by atoms with van der Waals surface area (Å²) in [6.45, 7) is 3.40. The quantitative estimate of drug-likeness (QED) is 0.459. The Morgan fingerprint density at radius 1 is 1.11 bits per heavy atom. The molecule has 196 valence electrons. The van der Waals surface area contributed by atoms with Gasteiger partial charge in [0.15, 0.2) is 11.5 Å². The van der Waals surface area contributed by atoms with Crippen LogP contribution in [0.5, 0.6) is 17.2 Å². The van der Waals surface area contributed by atoms with Crippen LogP contribution >= 0.6 is 0 Å². The number of pyridine rings is 2. The van der Waals surface area contributed by atoms with E-state index in [9.17, 15) is 9.18 Å². The van der Waals surface area contributed by atoms with E-state index in [4.69, 9.17) is 18.9 Å². The summed E-state index contributed by atoms with van der Waals surface area (Å²) in [5.74, 6) is 1.34. The molecule has 1 saturated heterocycles. The molecule has 2 aromatic heterocycles. The molecule has 4 heterocycles. The molecule has 3 aromatic rings. The highest BCUT2D eigenvalue weighted by Gasteiger charge is 2.42. The molecule has 10 heteroatoms. The number of likely N-dealkylation sites (tertiary alicyclic amines) is 1. The van der Waals surface area contributed by atoms with E-state index in [1.165, 1.54) is 13.3 Å². The Morgan fingerprint density at radius 3 is 2.65 bits per heavy atom. The van der Waals surface area contributed by atoms with Crippen LogP contribution in [0.25, 0.3) is 10.9 Å². The van der Waals surface area contributed by atoms with Crippen molar-refractivity contribution >= 4 is 16.9 Å². The number of benzene rings is 1. The third kappa shape index (κ3) is 5.30. The second-order valence-corrected chi connectivity index (χ2v) is 9.31. The third-order valence-corrected chi connectivity index (χ3v) is 7.19. The van der Waals surface area contributed by atoms with Crippen LogP contribution in [0.2, 0.25) is 0 Å². The second-order valence-electron chi connectivity index (χ2n) is 9.31. The number of ether oxygens (including phenoxy) is 4. The molecule has 0 aliphatic carbocycles. The Kier molecular flexibility index (Phi) is 7.38. The van der Waals surface area contributed by atoms with E-state index in [2.05, 4.69) is 20.2 Å². The first-order valence-electron chi connectivity index (χ1n) is 12.4. The number of piperidine rings is 1. The van der Waals surface area contributed by atoms with Gasteiger partial charge in [-0.3, -0.25) is 20.1 Å². The van der Waals surface area contributed by atoms with Gasteiger partial charge in [0.05, 0.1) is 37.8 Å². The minimum Gasteiger partial charge on any atom is -0.497 e. The summed E-state index contributed by atoms with van der Waals surface area (Å²) in [6.07, 6.45) is 4.59. The average molecular weight is 511 g/mol. The maximum absolute atomic E-state index is 14.7. The number of esters is 1. The first-order chi connectivity index (χ1) is 18.0. The molecule has 0 amide bonds. The Bertz CT molecular complexity index is 1280. The third-order valence-electron chi connectivity index (χ3n) is 7.19. The van der Waals surface area contributed by atoms with Crippen molar-refractivity contribution in [3.8, 4) is 17.2 Å². The molecular weight excluding hydrogens is 479 g/mol. The van der Waals surface area contributed by atoms with Gasteiger partial charge in [0.1, 0.15) is 30.3 Å². The molecule has 1 aromatic carbocycles. The smallest absolute Gasteiger partial charge is 0.326 e. The molecule has 2 aliphatic heterocycles. The summed E-state index contributed by atoms with van der Waals surface area (Å²) in [5, 5.41) is 4.17. The van der Waals surface area contributed by atoms with Crippen molar-refractivity contribution in [1.29, 1.82) is 0 Å². The topological polar surface area (TPSA) is 95.0 Å². The maximum atomic E-state index is 14.7. The molecule has 37 heavy (non-hydrogen) atoms. The summed E-state index contributed by atoms with van der Waals surface area (Å²) >= 11 is 0. The molecule has 5 rings (SSSR count). The van der Waals surface area contributed by atoms with Gasteiger partial charge in [-0.2, -0.15) is 0 Å². The monoisotopic (exact) mass is 510 g/mol. The molecule has 0 bridgehead atoms. The molecule has 0 radical (unpaired) electrons. The van der Waals surface area contributed by atoms with Crippen molar-refractivity contribution in [2.45, 2.75) is 31.3 Å². The number of carbonyl (C=O) groups is 1. The first-order valence-corrected chi connectivity index (χ1v) is 12.4. The van der Waals surface area contributed by atoms with Crippen LogP contribution in [0.1, 0.15) is 24.1 Å². The zero-order valence-corrected chi connectivity index (χ0v) is 21.1. The van der Waals surface area contributed by atoms with Crippen LogP contribution in [-0.4, -0.2) is 73.4 Å². The van der Waals surface area contributed by atoms with Crippen LogP contribution < -0.4 is 19.5 Å². The molecule has 0 saturated carbocycles. The predicted molar refractivity (Wildman–Crippen MR) is 134 cm³/mol. The van der Waals surface area contributed by atoms with Gasteiger partial charge in [-0.05, 0) is 37.5 Å². The maximum Gasteiger partial charge on any atom is 0.326 e. The lowest BCUT2D eigenvalue weighted by molar-refractivity contribution is -0.151. The summed E-state index contributed by atoms with van der Waals surface area (Å²) in [5.41, 5.74) is 1.29. The zero-order chi connectivity index (χ0) is 25.8. The Hall–Kier alpha value is -3.50. The van der Waals surface area contributed by atoms with Crippen LogP contribution in [-0.2, 0) is 22.5 Å². The van der Waals surface area contributed by atoms with Crippen molar-refractivity contribution < 1.29 is 28.1 Å². The summed E-state index contributed by atoms with van der Waals surface area (Å²) < 4.78 is 36.4. The molecule has 1 fully saturated rings. The van der Waals surface area contributed by atoms with Crippen molar-refractivity contribution in [3.63, 3.8) is 0 Å². The standard InChI is InChI=1S/C27H31FN4O5/c1-34-19-3-4-23-21(14-19)20(22(28)16-30-23)5-8-32-9-6-27(7-10-32,26(33)35-2)31-15-18-13-24-25(17-29-18)37-12-11-36-24/h3-4,13-14,16-17,31H,5-12,15H2,1-2H3. The van der Waals surface area contributed by atoms with Gasteiger partial charge in [0, 0.05) is 43.2 Å². The van der Waals surface area contributed by atoms with Crippen LogP contribution in [0.15, 0.2) is 36.7 Å². The van der Waals surface area contributed by atoms with E-state index >= 15 is 0 Å². The number of halogens is 1. The van der Waals surface area contributed by atoms with Gasteiger partial charge in [-0.1, -0.05) is 0 Å². The number of fused-ring (bicyclic) bond motifs is 2. The molecule has 9 nitrogen and oxygen atoms in total. The van der Waals surface area contributed by atoms with Crippen molar-refractivity contribution in [2.75, 3.05) is 47.1 Å². The van der Waals surface area contributed by atoms with Gasteiger partial charge in [-0.25, -0.2) is 4.39 Å². The van der Waals surface area contributed by atoms with E-state index in [-0.39, 0.29) is 11.8 Å². The van der Waals surface area contributed by atoms with E-state index in [1.807, 2.05) is 24.3 Å². The highest BCUT2D eigenvalue weighted by Crippen LogP contribution is 2.31. The van der Waals surface area contributed by atoms with Crippen LogP contribution in [0, 0.1) is 5.82 Å². The molecule has 0 unspecified atom stereocenters. The van der Waals surface area contributed by atoms with E-state index in [0.29, 0.717) is 81.5 Å². The Balaban J connectivity index is 1.23. The first kappa shape index (κ1) is 25.2. The highest BCUT2D eigenvalue weighted by molar-refractivity contribution is 5.83. The average Bonchev–Trinajstić information content (AvgIpc) is 2.95. The summed E-state index contributed by atoms with van der Waals surface area (Å²) in [7, 11) is 3.00. The minimum absolute atomic E-state index is 0.289. The van der Waals surface area contributed by atoms with Crippen LogP contribution in [0.4, 0.5) is 4.39 Å². The zero-order valence-electron chi connectivity index (χ0n) is 21.1. The molecule has 1 N–H and O–H groups in total. The van der Waals surface area contributed by atoms with Gasteiger partial charge < -0.3 is 23.8 Å². The van der Waals surface area contributed by atoms with Gasteiger partial charge >= 0.3 is 5.97 Å². The van der Waals surface area contributed by atoms with Gasteiger partial charge in [0.25, 0.3) is 0 Å². The van der Waals surface area contributed by atoms with Crippen LogP contribution in [0.3, 0.4) is 0 Å². The molecule has 0 spiro atoms. The summed E-state index contributed by atoms with van der Waals surface area (Å²) in [4.78, 5) is 23.7. The number of aromatic nitrogens is 2. The predicted octanol–water partition coefficient (Wildman–Crippen LogP) is 2.89.